The van der Waals surface area contributed by atoms with Gasteiger partial charge in [-0.1, -0.05) is 15.9 Å². The maximum absolute atomic E-state index is 11.9. The summed E-state index contributed by atoms with van der Waals surface area (Å²) < 4.78 is 11.3. The van der Waals surface area contributed by atoms with Crippen molar-refractivity contribution in [2.24, 2.45) is 5.10 Å². The topological polar surface area (TPSA) is 89.0 Å². The second-order valence-electron chi connectivity index (χ2n) is 5.81. The molecule has 0 radical (unpaired) electrons. The minimum Gasteiger partial charge on any atom is -0.497 e. The first-order valence-corrected chi connectivity index (χ1v) is 9.40. The molecule has 0 unspecified atom stereocenters. The van der Waals surface area contributed by atoms with Crippen molar-refractivity contribution in [3.8, 4) is 11.5 Å². The maximum Gasteiger partial charge on any atom is 0.240 e. The Morgan fingerprint density at radius 2 is 1.75 bits per heavy atom. The van der Waals surface area contributed by atoms with Crippen LogP contribution in [0, 0.1) is 0 Å². The van der Waals surface area contributed by atoms with Crippen LogP contribution in [0.1, 0.15) is 24.8 Å². The first-order chi connectivity index (χ1) is 13.5. The van der Waals surface area contributed by atoms with Crippen molar-refractivity contribution in [1.29, 1.82) is 0 Å². The van der Waals surface area contributed by atoms with Gasteiger partial charge in [-0.3, -0.25) is 9.59 Å². The largest absolute Gasteiger partial charge is 0.497 e. The summed E-state index contributed by atoms with van der Waals surface area (Å²) in [7, 11) is 3.12. The monoisotopic (exact) mass is 447 g/mol. The second-order valence-corrected chi connectivity index (χ2v) is 6.73. The van der Waals surface area contributed by atoms with E-state index in [4.69, 9.17) is 9.47 Å². The van der Waals surface area contributed by atoms with E-state index in [0.717, 1.165) is 10.2 Å². The van der Waals surface area contributed by atoms with Gasteiger partial charge in [0.05, 0.1) is 20.4 Å². The van der Waals surface area contributed by atoms with Crippen molar-refractivity contribution >= 4 is 39.6 Å². The number of nitrogens with one attached hydrogen (secondary N) is 2. The smallest absolute Gasteiger partial charge is 0.240 e. The van der Waals surface area contributed by atoms with E-state index in [1.54, 1.807) is 44.6 Å². The van der Waals surface area contributed by atoms with Gasteiger partial charge in [0.1, 0.15) is 11.5 Å². The second kappa shape index (κ2) is 11.1. The van der Waals surface area contributed by atoms with E-state index < -0.39 is 0 Å². The fourth-order valence-electron chi connectivity index (χ4n) is 2.34. The summed E-state index contributed by atoms with van der Waals surface area (Å²) in [4.78, 5) is 23.8. The molecular weight excluding hydrogens is 426 g/mol. The maximum atomic E-state index is 11.9. The van der Waals surface area contributed by atoms with Crippen LogP contribution in [0.5, 0.6) is 11.5 Å². The zero-order valence-corrected chi connectivity index (χ0v) is 17.3. The molecule has 148 valence electrons. The van der Waals surface area contributed by atoms with E-state index in [2.05, 4.69) is 31.8 Å². The minimum atomic E-state index is -0.269. The number of halogens is 1. The molecule has 0 aromatic heterocycles. The minimum absolute atomic E-state index is 0.139. The first-order valence-electron chi connectivity index (χ1n) is 8.61. The van der Waals surface area contributed by atoms with Gasteiger partial charge < -0.3 is 14.8 Å². The summed E-state index contributed by atoms with van der Waals surface area (Å²) in [6.45, 7) is 0. The molecule has 0 bridgehead atoms. The Hall–Kier alpha value is -2.87. The van der Waals surface area contributed by atoms with E-state index in [1.807, 2.05) is 12.1 Å². The predicted molar refractivity (Wildman–Crippen MR) is 112 cm³/mol. The number of nitrogens with zero attached hydrogens (tertiary/aromatic N) is 1. The summed E-state index contributed by atoms with van der Waals surface area (Å²) in [5.41, 5.74) is 3.84. The van der Waals surface area contributed by atoms with E-state index in [1.165, 1.54) is 6.21 Å². The number of anilines is 1. The van der Waals surface area contributed by atoms with Crippen molar-refractivity contribution in [1.82, 2.24) is 5.43 Å². The number of carbonyl (C=O) groups excluding carboxylic acids is 2. The van der Waals surface area contributed by atoms with Crippen molar-refractivity contribution in [3.05, 3.63) is 52.5 Å². The van der Waals surface area contributed by atoms with Crippen LogP contribution in [-0.2, 0) is 9.59 Å². The third kappa shape index (κ3) is 7.03. The van der Waals surface area contributed by atoms with Gasteiger partial charge in [-0.15, -0.1) is 0 Å². The summed E-state index contributed by atoms with van der Waals surface area (Å²) >= 11 is 3.34. The molecule has 0 heterocycles. The molecule has 0 saturated heterocycles. The Morgan fingerprint density at radius 3 is 2.43 bits per heavy atom. The lowest BCUT2D eigenvalue weighted by molar-refractivity contribution is -0.121. The summed E-state index contributed by atoms with van der Waals surface area (Å²) in [6.07, 6.45) is 2.35. The van der Waals surface area contributed by atoms with Gasteiger partial charge in [0.25, 0.3) is 0 Å². The Morgan fingerprint density at radius 1 is 1.04 bits per heavy atom. The molecule has 0 spiro atoms. The lowest BCUT2D eigenvalue weighted by atomic mass is 10.2. The number of amides is 2. The van der Waals surface area contributed by atoms with Crippen LogP contribution in [-0.4, -0.2) is 32.2 Å². The number of hydrogen-bond acceptors (Lipinski definition) is 5. The molecule has 28 heavy (non-hydrogen) atoms. The molecule has 7 nitrogen and oxygen atoms in total. The molecule has 2 aromatic rings. The van der Waals surface area contributed by atoms with Crippen LogP contribution >= 0.6 is 15.9 Å². The van der Waals surface area contributed by atoms with Gasteiger partial charge in [-0.05, 0) is 48.9 Å². The van der Waals surface area contributed by atoms with Gasteiger partial charge in [-0.25, -0.2) is 5.43 Å². The van der Waals surface area contributed by atoms with E-state index in [9.17, 15) is 9.59 Å². The normalized spacial score (nSPS) is 10.5. The number of carbonyl (C=O) groups is 2. The van der Waals surface area contributed by atoms with Crippen molar-refractivity contribution < 1.29 is 19.1 Å². The molecule has 2 N–H and O–H groups in total. The number of hydrazone groups is 1. The lowest BCUT2D eigenvalue weighted by Crippen LogP contribution is -2.18. The Balaban J connectivity index is 1.74. The standard InChI is InChI=1S/C20H22BrN3O4/c1-27-17-10-11-18(28-2)14(12-17)13-22-24-20(26)5-3-4-19(25)23-16-8-6-15(21)7-9-16/h6-13H,3-5H2,1-2H3,(H,23,25)(H,24,26)/b22-13+. The third-order valence-electron chi connectivity index (χ3n) is 3.77. The summed E-state index contributed by atoms with van der Waals surface area (Å²) in [6, 6.07) is 12.6. The fourth-order valence-corrected chi connectivity index (χ4v) is 2.60. The molecule has 2 rings (SSSR count). The van der Waals surface area contributed by atoms with E-state index in [-0.39, 0.29) is 24.7 Å². The van der Waals surface area contributed by atoms with Crippen LogP contribution in [0.4, 0.5) is 5.69 Å². The van der Waals surface area contributed by atoms with E-state index in [0.29, 0.717) is 23.5 Å². The highest BCUT2D eigenvalue weighted by molar-refractivity contribution is 9.10. The molecule has 0 aliphatic heterocycles. The zero-order chi connectivity index (χ0) is 20.4. The molecular formula is C20H22BrN3O4. The Bertz CT molecular complexity index is 838. The van der Waals surface area contributed by atoms with Crippen molar-refractivity contribution in [2.45, 2.75) is 19.3 Å². The highest BCUT2D eigenvalue weighted by Crippen LogP contribution is 2.22. The molecule has 0 aliphatic rings. The lowest BCUT2D eigenvalue weighted by Gasteiger charge is -2.07. The van der Waals surface area contributed by atoms with Crippen LogP contribution < -0.4 is 20.2 Å². The van der Waals surface area contributed by atoms with Crippen LogP contribution in [0.2, 0.25) is 0 Å². The molecule has 0 aliphatic carbocycles. The average Bonchev–Trinajstić information content (AvgIpc) is 2.69. The summed E-state index contributed by atoms with van der Waals surface area (Å²) in [5, 5.41) is 6.72. The van der Waals surface area contributed by atoms with Gasteiger partial charge in [0, 0.05) is 28.6 Å². The molecule has 2 amide bonds. The molecule has 0 fully saturated rings. The van der Waals surface area contributed by atoms with Gasteiger partial charge >= 0.3 is 0 Å². The van der Waals surface area contributed by atoms with Gasteiger partial charge in [0.15, 0.2) is 0 Å². The molecule has 8 heteroatoms. The van der Waals surface area contributed by atoms with Crippen LogP contribution in [0.25, 0.3) is 0 Å². The van der Waals surface area contributed by atoms with Crippen LogP contribution in [0.15, 0.2) is 52.0 Å². The molecule has 0 atom stereocenters. The first kappa shape index (κ1) is 21.4. The number of benzene rings is 2. The summed E-state index contributed by atoms with van der Waals surface area (Å²) in [5.74, 6) is 0.864. The number of hydrogen-bond donors (Lipinski definition) is 2. The van der Waals surface area contributed by atoms with Crippen molar-refractivity contribution in [2.75, 3.05) is 19.5 Å². The fraction of sp³-hybridized carbons (Fsp3) is 0.250. The SMILES string of the molecule is COc1ccc(OC)c(/C=N/NC(=O)CCCC(=O)Nc2ccc(Br)cc2)c1. The number of rotatable bonds is 9. The zero-order valence-electron chi connectivity index (χ0n) is 15.7. The average molecular weight is 448 g/mol. The highest BCUT2D eigenvalue weighted by atomic mass is 79.9. The van der Waals surface area contributed by atoms with Crippen molar-refractivity contribution in [3.63, 3.8) is 0 Å². The Labute approximate surface area is 172 Å². The molecule has 2 aromatic carbocycles. The molecule has 0 saturated carbocycles. The van der Waals surface area contributed by atoms with E-state index >= 15 is 0 Å². The predicted octanol–water partition coefficient (Wildman–Crippen LogP) is 3.73. The van der Waals surface area contributed by atoms with Gasteiger partial charge in [0.2, 0.25) is 11.8 Å². The highest BCUT2D eigenvalue weighted by Gasteiger charge is 2.06. The number of methoxy groups -OCH3 is 2. The van der Waals surface area contributed by atoms with Gasteiger partial charge in [-0.2, -0.15) is 5.10 Å². The van der Waals surface area contributed by atoms with Crippen LogP contribution in [0.3, 0.4) is 0 Å². The third-order valence-corrected chi connectivity index (χ3v) is 4.29. The quantitative estimate of drug-likeness (QED) is 0.452. The number of ether oxygens (including phenoxy) is 2. The Kier molecular flexibility index (Phi) is 8.48.